The summed E-state index contributed by atoms with van der Waals surface area (Å²) < 4.78 is 32.7. The van der Waals surface area contributed by atoms with Crippen molar-refractivity contribution in [1.82, 2.24) is 9.88 Å². The molecule has 2 aromatic carbocycles. The predicted molar refractivity (Wildman–Crippen MR) is 156 cm³/mol. The molecule has 2 fully saturated rings. The smallest absolute Gasteiger partial charge is 0.338 e. The lowest BCUT2D eigenvalue weighted by Gasteiger charge is -2.52. The van der Waals surface area contributed by atoms with Crippen LogP contribution in [0.5, 0.6) is 23.0 Å². The quantitative estimate of drug-likeness (QED) is 0.392. The number of aliphatic hydroxyl groups is 1. The number of H-pyrrole nitrogens is 1. The average Bonchev–Trinajstić information content (AvgIpc) is 3.41. The fourth-order valence-corrected chi connectivity index (χ4v) is 7.49. The number of ether oxygens (including phenoxy) is 6. The first-order valence-electron chi connectivity index (χ1n) is 14.5. The first-order valence-corrected chi connectivity index (χ1v) is 14.5. The summed E-state index contributed by atoms with van der Waals surface area (Å²) in [5, 5.41) is 12.7. The van der Waals surface area contributed by atoms with Crippen LogP contribution in [-0.2, 0) is 20.7 Å². The Morgan fingerprint density at radius 2 is 1.70 bits per heavy atom. The Bertz CT molecular complexity index is 1510. The largest absolute Gasteiger partial charge is 0.497 e. The van der Waals surface area contributed by atoms with E-state index >= 15 is 0 Å². The van der Waals surface area contributed by atoms with Crippen molar-refractivity contribution < 1.29 is 43.1 Å². The highest BCUT2D eigenvalue weighted by Gasteiger charge is 2.54. The predicted octanol–water partition coefficient (Wildman–Crippen LogP) is 3.52. The number of carbonyl (C=O) groups is 2. The summed E-state index contributed by atoms with van der Waals surface area (Å²) >= 11 is 0. The minimum atomic E-state index is -1.22. The molecule has 6 rings (SSSR count). The van der Waals surface area contributed by atoms with Crippen LogP contribution >= 0.6 is 0 Å². The number of fused-ring (bicyclic) bond motifs is 6. The van der Waals surface area contributed by atoms with Crippen LogP contribution in [0.2, 0.25) is 0 Å². The first-order chi connectivity index (χ1) is 20.8. The van der Waals surface area contributed by atoms with Gasteiger partial charge in [-0.05, 0) is 60.9 Å². The summed E-state index contributed by atoms with van der Waals surface area (Å²) in [5.41, 5.74) is 3.66. The molecule has 3 aliphatic rings. The molecule has 2 N–H and O–H groups in total. The van der Waals surface area contributed by atoms with Crippen LogP contribution in [0.15, 0.2) is 30.3 Å². The molecule has 1 saturated heterocycles. The maximum atomic E-state index is 13.4. The molecule has 1 saturated carbocycles. The molecule has 11 heteroatoms. The number of aliphatic hydroxyl groups excluding tert-OH is 1. The van der Waals surface area contributed by atoms with Crippen LogP contribution in [0.1, 0.15) is 40.5 Å². The van der Waals surface area contributed by atoms with Crippen molar-refractivity contribution >= 4 is 22.8 Å². The van der Waals surface area contributed by atoms with E-state index in [1.54, 1.807) is 7.11 Å². The van der Waals surface area contributed by atoms with Gasteiger partial charge in [-0.3, -0.25) is 9.69 Å². The monoisotopic (exact) mass is 594 g/mol. The zero-order valence-corrected chi connectivity index (χ0v) is 25.0. The maximum Gasteiger partial charge on any atom is 0.338 e. The normalized spacial score (nSPS) is 26.5. The summed E-state index contributed by atoms with van der Waals surface area (Å²) in [7, 11) is 7.39. The molecule has 0 bridgehead atoms. The van der Waals surface area contributed by atoms with Crippen molar-refractivity contribution in [3.63, 3.8) is 0 Å². The molecule has 6 atom stereocenters. The molecule has 3 aromatic rings. The summed E-state index contributed by atoms with van der Waals surface area (Å²) in [6.45, 7) is 1.59. The molecular formula is C32H38N2O9. The third-order valence-electron chi connectivity index (χ3n) is 9.52. The zero-order valence-electron chi connectivity index (χ0n) is 25.0. The minimum Gasteiger partial charge on any atom is -0.497 e. The number of piperidine rings is 1. The van der Waals surface area contributed by atoms with Gasteiger partial charge in [0.15, 0.2) is 11.5 Å². The number of nitrogens with zero attached hydrogens (tertiary/aromatic N) is 1. The van der Waals surface area contributed by atoms with E-state index in [4.69, 9.17) is 28.4 Å². The molecule has 11 nitrogen and oxygen atoms in total. The molecule has 2 aliphatic heterocycles. The lowest BCUT2D eigenvalue weighted by molar-refractivity contribution is -0.172. The average molecular weight is 595 g/mol. The van der Waals surface area contributed by atoms with E-state index in [2.05, 4.69) is 16.0 Å². The highest BCUT2D eigenvalue weighted by Crippen LogP contribution is 2.50. The Labute approximate surface area is 249 Å². The van der Waals surface area contributed by atoms with E-state index in [1.165, 1.54) is 51.5 Å². The Hall–Kier alpha value is -3.96. The van der Waals surface area contributed by atoms with Crippen LogP contribution in [-0.4, -0.2) is 87.8 Å². The van der Waals surface area contributed by atoms with Crippen molar-refractivity contribution in [2.75, 3.05) is 48.6 Å². The van der Waals surface area contributed by atoms with E-state index in [1.807, 2.05) is 12.1 Å². The number of hydrogen-bond donors (Lipinski definition) is 2. The molecule has 0 amide bonds. The van der Waals surface area contributed by atoms with Crippen molar-refractivity contribution in [2.24, 2.45) is 17.8 Å². The van der Waals surface area contributed by atoms with Gasteiger partial charge in [-0.2, -0.15) is 0 Å². The second kappa shape index (κ2) is 11.6. The van der Waals surface area contributed by atoms with Crippen molar-refractivity contribution in [3.8, 4) is 23.0 Å². The standard InChI is InChI=1S/C32H38N2O9/c1-38-18-6-7-19-20-8-9-34-15-17-12-24(43-31(36)16-10-25(39-2)30(41-4)26(11-16)40-3)29(35)27(32(37)42-5)21(17)14-23(34)28(20)33-22(19)13-18/h6-7,10-11,13,17,21,23-24,27,29,33,35H,8-9,12,14-15H2,1-5H3. The lowest BCUT2D eigenvalue weighted by Crippen LogP contribution is -2.58. The number of aromatic nitrogens is 1. The first kappa shape index (κ1) is 29.1. The third-order valence-corrected chi connectivity index (χ3v) is 9.52. The molecular weight excluding hydrogens is 556 g/mol. The highest BCUT2D eigenvalue weighted by atomic mass is 16.6. The fourth-order valence-electron chi connectivity index (χ4n) is 7.49. The van der Waals surface area contributed by atoms with Gasteiger partial charge in [0.25, 0.3) is 0 Å². The van der Waals surface area contributed by atoms with Crippen LogP contribution in [0, 0.1) is 17.8 Å². The van der Waals surface area contributed by atoms with Crippen LogP contribution in [0.4, 0.5) is 0 Å². The number of carbonyl (C=O) groups excluding carboxylic acids is 2. The third kappa shape index (κ3) is 4.94. The van der Waals surface area contributed by atoms with Crippen LogP contribution in [0.3, 0.4) is 0 Å². The second-order valence-corrected chi connectivity index (χ2v) is 11.5. The molecule has 3 heterocycles. The Morgan fingerprint density at radius 1 is 0.953 bits per heavy atom. The molecule has 6 unspecified atom stereocenters. The number of esters is 2. The van der Waals surface area contributed by atoms with Gasteiger partial charge in [0, 0.05) is 35.8 Å². The van der Waals surface area contributed by atoms with E-state index in [0.29, 0.717) is 36.6 Å². The van der Waals surface area contributed by atoms with Crippen molar-refractivity contribution in [2.45, 2.75) is 37.5 Å². The van der Waals surface area contributed by atoms with Crippen molar-refractivity contribution in [1.29, 1.82) is 0 Å². The van der Waals surface area contributed by atoms with E-state index < -0.39 is 30.1 Å². The fraction of sp³-hybridized carbons (Fsp3) is 0.500. The van der Waals surface area contributed by atoms with Crippen molar-refractivity contribution in [3.05, 3.63) is 47.2 Å². The van der Waals surface area contributed by atoms with Gasteiger partial charge in [-0.1, -0.05) is 0 Å². The van der Waals surface area contributed by atoms with E-state index in [-0.39, 0.29) is 23.4 Å². The number of rotatable bonds is 7. The van der Waals surface area contributed by atoms with Gasteiger partial charge in [-0.25, -0.2) is 4.79 Å². The van der Waals surface area contributed by atoms with Gasteiger partial charge in [-0.15, -0.1) is 0 Å². The minimum absolute atomic E-state index is 0.0208. The van der Waals surface area contributed by atoms with Gasteiger partial charge in [0.05, 0.1) is 53.1 Å². The summed E-state index contributed by atoms with van der Waals surface area (Å²) in [5.74, 6) is -0.356. The number of hydrogen-bond acceptors (Lipinski definition) is 10. The molecule has 1 aliphatic carbocycles. The highest BCUT2D eigenvalue weighted by molar-refractivity contribution is 5.91. The summed E-state index contributed by atoms with van der Waals surface area (Å²) in [6.07, 6.45) is -0.116. The number of nitrogens with one attached hydrogen (secondary N) is 1. The molecule has 1 aromatic heterocycles. The summed E-state index contributed by atoms with van der Waals surface area (Å²) in [6, 6.07) is 9.17. The SMILES string of the molecule is COC(=O)C1C(O)C(OC(=O)c2cc(OC)c(OC)c(OC)c2)CC2CN3CCc4c([nH]c5cc(OC)ccc45)C3CC21. The Morgan fingerprint density at radius 3 is 2.35 bits per heavy atom. The zero-order chi connectivity index (χ0) is 30.4. The number of methoxy groups -OCH3 is 5. The molecule has 0 radical (unpaired) electrons. The Balaban J connectivity index is 1.27. The topological polar surface area (TPSA) is 129 Å². The molecule has 0 spiro atoms. The number of benzene rings is 2. The maximum absolute atomic E-state index is 13.4. The molecule has 230 valence electrons. The van der Waals surface area contributed by atoms with E-state index in [9.17, 15) is 14.7 Å². The Kier molecular flexibility index (Phi) is 7.87. The van der Waals surface area contributed by atoms with Crippen LogP contribution in [0.25, 0.3) is 10.9 Å². The second-order valence-electron chi connectivity index (χ2n) is 11.5. The molecule has 43 heavy (non-hydrogen) atoms. The van der Waals surface area contributed by atoms with Crippen LogP contribution < -0.4 is 18.9 Å². The lowest BCUT2D eigenvalue weighted by atomic mass is 9.64. The van der Waals surface area contributed by atoms with Gasteiger partial charge < -0.3 is 38.5 Å². The van der Waals surface area contributed by atoms with Gasteiger partial charge >= 0.3 is 11.9 Å². The number of aromatic amines is 1. The summed E-state index contributed by atoms with van der Waals surface area (Å²) in [4.78, 5) is 32.6. The van der Waals surface area contributed by atoms with Gasteiger partial charge in [0.2, 0.25) is 5.75 Å². The van der Waals surface area contributed by atoms with Gasteiger partial charge in [0.1, 0.15) is 18.0 Å². The van der Waals surface area contributed by atoms with E-state index in [0.717, 1.165) is 29.9 Å².